The van der Waals surface area contributed by atoms with E-state index in [1.54, 1.807) is 19.9 Å². The summed E-state index contributed by atoms with van der Waals surface area (Å²) >= 11 is 0. The Bertz CT molecular complexity index is 647. The first-order valence-corrected chi connectivity index (χ1v) is 6.43. The number of aromatic nitrogens is 1. The third kappa shape index (κ3) is 2.71. The minimum atomic E-state index is -0.329. The van der Waals surface area contributed by atoms with Crippen LogP contribution in [0.15, 0.2) is 22.7 Å². The molecule has 0 radical (unpaired) electrons. The average Bonchev–Trinajstić information content (AvgIpc) is 2.75. The summed E-state index contributed by atoms with van der Waals surface area (Å²) in [6.07, 6.45) is 0. The second kappa shape index (κ2) is 5.45. The lowest BCUT2D eigenvalue weighted by molar-refractivity contribution is 0.102. The maximum atomic E-state index is 13.1. The van der Waals surface area contributed by atoms with Gasteiger partial charge in [-0.3, -0.25) is 4.79 Å². The molecule has 1 aromatic heterocycles. The van der Waals surface area contributed by atoms with E-state index in [4.69, 9.17) is 4.52 Å². The number of carbonyl (C=O) groups is 1. The number of nitrogens with zero attached hydrogens (tertiary/aromatic N) is 1. The monoisotopic (exact) mass is 276 g/mol. The predicted molar refractivity (Wildman–Crippen MR) is 74.4 cm³/mol. The maximum Gasteiger partial charge on any atom is 0.261 e. The van der Waals surface area contributed by atoms with E-state index < -0.39 is 0 Å². The van der Waals surface area contributed by atoms with Crippen LogP contribution in [0.4, 0.5) is 10.1 Å². The average molecular weight is 276 g/mol. The number of rotatable bonds is 3. The van der Waals surface area contributed by atoms with Gasteiger partial charge in [-0.2, -0.15) is 0 Å². The predicted octanol–water partition coefficient (Wildman–Crippen LogP) is 3.81. The van der Waals surface area contributed by atoms with Gasteiger partial charge in [0.05, 0.1) is 5.69 Å². The quantitative estimate of drug-likeness (QED) is 0.927. The summed E-state index contributed by atoms with van der Waals surface area (Å²) < 4.78 is 18.2. The lowest BCUT2D eigenvalue weighted by atomic mass is 10.0. The van der Waals surface area contributed by atoms with E-state index in [-0.39, 0.29) is 17.6 Å². The summed E-state index contributed by atoms with van der Waals surface area (Å²) in [6, 6.07) is 4.23. The van der Waals surface area contributed by atoms with Gasteiger partial charge in [0.15, 0.2) is 5.76 Å². The number of benzene rings is 1. The number of aryl methyl sites for hydroxylation is 2. The molecule has 4 nitrogen and oxygen atoms in total. The van der Waals surface area contributed by atoms with Crippen LogP contribution in [-0.4, -0.2) is 11.1 Å². The molecule has 0 aliphatic heterocycles. The first-order chi connectivity index (χ1) is 9.40. The van der Waals surface area contributed by atoms with Crippen molar-refractivity contribution in [2.75, 3.05) is 5.32 Å². The topological polar surface area (TPSA) is 55.1 Å². The fourth-order valence-electron chi connectivity index (χ4n) is 2.01. The molecule has 0 fully saturated rings. The summed E-state index contributed by atoms with van der Waals surface area (Å²) in [4.78, 5) is 12.4. The van der Waals surface area contributed by atoms with Crippen molar-refractivity contribution in [3.63, 3.8) is 0 Å². The van der Waals surface area contributed by atoms with Crippen molar-refractivity contribution >= 4 is 11.6 Å². The molecule has 1 heterocycles. The van der Waals surface area contributed by atoms with Crippen molar-refractivity contribution in [1.29, 1.82) is 0 Å². The Balaban J connectivity index is 2.31. The molecule has 0 saturated carbocycles. The van der Waals surface area contributed by atoms with Gasteiger partial charge in [0.25, 0.3) is 5.91 Å². The van der Waals surface area contributed by atoms with Crippen LogP contribution in [0.5, 0.6) is 0 Å². The normalized spacial score (nSPS) is 10.9. The first-order valence-electron chi connectivity index (χ1n) is 6.43. The number of amides is 1. The van der Waals surface area contributed by atoms with Crippen molar-refractivity contribution in [1.82, 2.24) is 5.16 Å². The zero-order chi connectivity index (χ0) is 14.9. The number of hydrogen-bond donors (Lipinski definition) is 1. The highest BCUT2D eigenvalue weighted by Gasteiger charge is 2.22. The highest BCUT2D eigenvalue weighted by Crippen LogP contribution is 2.24. The van der Waals surface area contributed by atoms with E-state index in [1.165, 1.54) is 12.1 Å². The smallest absolute Gasteiger partial charge is 0.261 e. The van der Waals surface area contributed by atoms with E-state index in [0.717, 1.165) is 0 Å². The van der Waals surface area contributed by atoms with Crippen molar-refractivity contribution in [2.24, 2.45) is 0 Å². The molecule has 0 atom stereocenters. The largest absolute Gasteiger partial charge is 0.360 e. The van der Waals surface area contributed by atoms with Crippen LogP contribution >= 0.6 is 0 Å². The maximum absolute atomic E-state index is 13.1. The molecule has 20 heavy (non-hydrogen) atoms. The number of anilines is 1. The fraction of sp³-hybridized carbons (Fsp3) is 0.333. The molecule has 2 aromatic rings. The van der Waals surface area contributed by atoms with Crippen LogP contribution in [0.25, 0.3) is 0 Å². The highest BCUT2D eigenvalue weighted by molar-refractivity contribution is 6.06. The molecule has 0 aliphatic rings. The summed E-state index contributed by atoms with van der Waals surface area (Å²) in [7, 11) is 0. The number of nitrogens with one attached hydrogen (secondary N) is 1. The lowest BCUT2D eigenvalue weighted by Gasteiger charge is -2.09. The summed E-state index contributed by atoms with van der Waals surface area (Å²) in [5.41, 5.74) is 2.24. The molecule has 1 aromatic carbocycles. The minimum absolute atomic E-state index is 0.0614. The zero-order valence-electron chi connectivity index (χ0n) is 12.0. The Morgan fingerprint density at radius 1 is 1.35 bits per heavy atom. The van der Waals surface area contributed by atoms with Gasteiger partial charge >= 0.3 is 0 Å². The van der Waals surface area contributed by atoms with Crippen LogP contribution in [0.3, 0.4) is 0 Å². The molecule has 0 unspecified atom stereocenters. The van der Waals surface area contributed by atoms with Crippen LogP contribution < -0.4 is 5.32 Å². The molecule has 2 rings (SSSR count). The standard InChI is InChI=1S/C15H17FN2O2/c1-8(2)14-13(10(4)18-20-14)15(19)17-12-6-5-11(16)7-9(12)3/h5-8H,1-4H3,(H,17,19). The number of carbonyl (C=O) groups excluding carboxylic acids is 1. The molecule has 106 valence electrons. The van der Waals surface area contributed by atoms with Gasteiger partial charge in [0.1, 0.15) is 11.4 Å². The second-order valence-electron chi connectivity index (χ2n) is 5.08. The van der Waals surface area contributed by atoms with Crippen molar-refractivity contribution in [3.8, 4) is 0 Å². The van der Waals surface area contributed by atoms with E-state index >= 15 is 0 Å². The second-order valence-corrected chi connectivity index (χ2v) is 5.08. The van der Waals surface area contributed by atoms with E-state index in [1.807, 2.05) is 13.8 Å². The van der Waals surface area contributed by atoms with Crippen LogP contribution in [0.1, 0.15) is 47.1 Å². The molecular formula is C15H17FN2O2. The Labute approximate surface area is 117 Å². The first kappa shape index (κ1) is 14.2. The third-order valence-electron chi connectivity index (χ3n) is 3.08. The Morgan fingerprint density at radius 3 is 2.65 bits per heavy atom. The molecule has 5 heteroatoms. The molecule has 1 amide bonds. The van der Waals surface area contributed by atoms with Crippen LogP contribution in [0.2, 0.25) is 0 Å². The molecule has 0 spiro atoms. The van der Waals surface area contributed by atoms with Crippen LogP contribution in [-0.2, 0) is 0 Å². The molecule has 1 N–H and O–H groups in total. The van der Waals surface area contributed by atoms with Gasteiger partial charge < -0.3 is 9.84 Å². The molecule has 0 aliphatic carbocycles. The molecule has 0 saturated heterocycles. The Kier molecular flexibility index (Phi) is 3.88. The van der Waals surface area contributed by atoms with E-state index in [0.29, 0.717) is 28.3 Å². The Morgan fingerprint density at radius 2 is 2.05 bits per heavy atom. The zero-order valence-corrected chi connectivity index (χ0v) is 12.0. The number of halogens is 1. The van der Waals surface area contributed by atoms with Gasteiger partial charge in [-0.1, -0.05) is 19.0 Å². The SMILES string of the molecule is Cc1cc(F)ccc1NC(=O)c1c(C)noc1C(C)C. The van der Waals surface area contributed by atoms with Crippen molar-refractivity contribution in [2.45, 2.75) is 33.6 Å². The van der Waals surface area contributed by atoms with Gasteiger partial charge in [0.2, 0.25) is 0 Å². The van der Waals surface area contributed by atoms with E-state index in [9.17, 15) is 9.18 Å². The van der Waals surface area contributed by atoms with Crippen LogP contribution in [0, 0.1) is 19.7 Å². The molecule has 0 bridgehead atoms. The molecular weight excluding hydrogens is 259 g/mol. The van der Waals surface area contributed by atoms with Gasteiger partial charge in [0, 0.05) is 11.6 Å². The lowest BCUT2D eigenvalue weighted by Crippen LogP contribution is -2.15. The highest BCUT2D eigenvalue weighted by atomic mass is 19.1. The third-order valence-corrected chi connectivity index (χ3v) is 3.08. The summed E-state index contributed by atoms with van der Waals surface area (Å²) in [6.45, 7) is 7.32. The van der Waals surface area contributed by atoms with Crippen molar-refractivity contribution in [3.05, 3.63) is 46.6 Å². The van der Waals surface area contributed by atoms with Gasteiger partial charge in [-0.15, -0.1) is 0 Å². The summed E-state index contributed by atoms with van der Waals surface area (Å²) in [5.74, 6) is -0.00212. The number of hydrogen-bond acceptors (Lipinski definition) is 3. The Hall–Kier alpha value is -2.17. The fourth-order valence-corrected chi connectivity index (χ4v) is 2.01. The summed E-state index contributed by atoms with van der Waals surface area (Å²) in [5, 5.41) is 6.61. The van der Waals surface area contributed by atoms with Gasteiger partial charge in [-0.25, -0.2) is 4.39 Å². The van der Waals surface area contributed by atoms with E-state index in [2.05, 4.69) is 10.5 Å². The van der Waals surface area contributed by atoms with Gasteiger partial charge in [-0.05, 0) is 37.6 Å². The van der Waals surface area contributed by atoms with Crippen molar-refractivity contribution < 1.29 is 13.7 Å². The minimum Gasteiger partial charge on any atom is -0.360 e.